The molecule has 2 aromatic carbocycles. The quantitative estimate of drug-likeness (QED) is 0.525. The van der Waals surface area contributed by atoms with Gasteiger partial charge in [0.05, 0.1) is 14.2 Å². The smallest absolute Gasteiger partial charge is 0.306 e. The fourth-order valence-corrected chi connectivity index (χ4v) is 2.63. The molecule has 28 heavy (non-hydrogen) atoms. The maximum absolute atomic E-state index is 12.0. The van der Waals surface area contributed by atoms with Crippen LogP contribution in [0.25, 0.3) is 11.4 Å². The lowest BCUT2D eigenvalue weighted by molar-refractivity contribution is -0.145. The van der Waals surface area contributed by atoms with Crippen molar-refractivity contribution < 1.29 is 23.5 Å². The minimum Gasteiger partial charge on any atom is -0.497 e. The summed E-state index contributed by atoms with van der Waals surface area (Å²) in [4.78, 5) is 16.2. The van der Waals surface area contributed by atoms with Crippen LogP contribution in [0.5, 0.6) is 11.5 Å². The van der Waals surface area contributed by atoms with E-state index in [-0.39, 0.29) is 24.9 Å². The first-order valence-corrected chi connectivity index (χ1v) is 8.91. The van der Waals surface area contributed by atoms with Gasteiger partial charge in [0.25, 0.3) is 5.89 Å². The monoisotopic (exact) mass is 402 g/mol. The van der Waals surface area contributed by atoms with E-state index in [1.807, 2.05) is 12.1 Å². The van der Waals surface area contributed by atoms with Gasteiger partial charge >= 0.3 is 5.97 Å². The van der Waals surface area contributed by atoms with Crippen molar-refractivity contribution in [1.29, 1.82) is 0 Å². The Hall–Kier alpha value is -3.06. The highest BCUT2D eigenvalue weighted by atomic mass is 35.5. The summed E-state index contributed by atoms with van der Waals surface area (Å²) in [5.41, 5.74) is 1.67. The van der Waals surface area contributed by atoms with Gasteiger partial charge < -0.3 is 18.7 Å². The van der Waals surface area contributed by atoms with Gasteiger partial charge in [-0.1, -0.05) is 16.8 Å². The predicted molar refractivity (Wildman–Crippen MR) is 102 cm³/mol. The Morgan fingerprint density at radius 2 is 1.75 bits per heavy atom. The lowest BCUT2D eigenvalue weighted by Gasteiger charge is -2.08. The van der Waals surface area contributed by atoms with Crippen molar-refractivity contribution >= 4 is 17.6 Å². The third kappa shape index (κ3) is 5.23. The van der Waals surface area contributed by atoms with E-state index in [0.717, 1.165) is 11.1 Å². The van der Waals surface area contributed by atoms with Crippen LogP contribution < -0.4 is 9.47 Å². The Kier molecular flexibility index (Phi) is 6.49. The number of esters is 1. The molecule has 0 bridgehead atoms. The van der Waals surface area contributed by atoms with Crippen molar-refractivity contribution in [1.82, 2.24) is 10.1 Å². The highest BCUT2D eigenvalue weighted by Crippen LogP contribution is 2.23. The van der Waals surface area contributed by atoms with E-state index in [1.54, 1.807) is 44.6 Å². The number of methoxy groups -OCH3 is 2. The zero-order valence-electron chi connectivity index (χ0n) is 15.5. The summed E-state index contributed by atoms with van der Waals surface area (Å²) in [6.45, 7) is -0.0825. The zero-order valence-corrected chi connectivity index (χ0v) is 16.2. The number of halogens is 1. The first kappa shape index (κ1) is 19.7. The Morgan fingerprint density at radius 3 is 2.39 bits per heavy atom. The zero-order chi connectivity index (χ0) is 19.9. The highest BCUT2D eigenvalue weighted by Gasteiger charge is 2.12. The molecule has 0 fully saturated rings. The van der Waals surface area contributed by atoms with Crippen molar-refractivity contribution in [2.75, 3.05) is 14.2 Å². The van der Waals surface area contributed by atoms with Crippen molar-refractivity contribution in [3.8, 4) is 22.9 Å². The number of aryl methyl sites for hydroxylation is 1. The number of hydrogen-bond donors (Lipinski definition) is 0. The molecule has 3 aromatic rings. The van der Waals surface area contributed by atoms with Gasteiger partial charge in [0.1, 0.15) is 11.5 Å². The molecule has 0 saturated heterocycles. The molecule has 7 nitrogen and oxygen atoms in total. The van der Waals surface area contributed by atoms with Gasteiger partial charge in [-0.15, -0.1) is 0 Å². The van der Waals surface area contributed by atoms with Gasteiger partial charge in [0.2, 0.25) is 5.82 Å². The summed E-state index contributed by atoms with van der Waals surface area (Å²) in [5.74, 6) is 1.60. The van der Waals surface area contributed by atoms with Gasteiger partial charge in [-0.25, -0.2) is 0 Å². The molecule has 0 aliphatic rings. The molecular weight excluding hydrogens is 384 g/mol. The fourth-order valence-electron chi connectivity index (χ4n) is 2.50. The van der Waals surface area contributed by atoms with E-state index < -0.39 is 0 Å². The summed E-state index contributed by atoms with van der Waals surface area (Å²) < 4.78 is 20.8. The molecule has 0 spiro atoms. The molecule has 0 amide bonds. The number of carbonyl (C=O) groups excluding carboxylic acids is 1. The Bertz CT molecular complexity index is 918. The molecule has 0 aliphatic heterocycles. The van der Waals surface area contributed by atoms with Crippen molar-refractivity contribution in [3.63, 3.8) is 0 Å². The Morgan fingerprint density at radius 1 is 1.07 bits per heavy atom. The standard InChI is InChI=1S/C20H19ClN2O5/c1-25-16-9-13(10-17(11-16)26-2)3-8-19(24)27-12-18-22-20(23-28-18)14-4-6-15(21)7-5-14/h4-7,9-11H,3,8,12H2,1-2H3. The lowest BCUT2D eigenvalue weighted by atomic mass is 10.1. The van der Waals surface area contributed by atoms with E-state index in [9.17, 15) is 4.79 Å². The minimum atomic E-state index is -0.368. The molecule has 1 aromatic heterocycles. The van der Waals surface area contributed by atoms with Crippen LogP contribution in [-0.4, -0.2) is 30.3 Å². The highest BCUT2D eigenvalue weighted by molar-refractivity contribution is 6.30. The van der Waals surface area contributed by atoms with Crippen LogP contribution in [0.2, 0.25) is 5.02 Å². The fraction of sp³-hybridized carbons (Fsp3) is 0.250. The van der Waals surface area contributed by atoms with Crippen LogP contribution in [0, 0.1) is 0 Å². The number of benzene rings is 2. The molecule has 146 valence electrons. The minimum absolute atomic E-state index is 0.0825. The van der Waals surface area contributed by atoms with Crippen LogP contribution >= 0.6 is 11.6 Å². The first-order chi connectivity index (χ1) is 13.6. The Balaban J connectivity index is 1.52. The molecule has 0 atom stereocenters. The van der Waals surface area contributed by atoms with Gasteiger partial charge in [-0.05, 0) is 48.4 Å². The SMILES string of the molecule is COc1cc(CCC(=O)OCc2nc(-c3ccc(Cl)cc3)no2)cc(OC)c1. The largest absolute Gasteiger partial charge is 0.497 e. The van der Waals surface area contributed by atoms with E-state index in [1.165, 1.54) is 0 Å². The predicted octanol–water partition coefficient (Wildman–Crippen LogP) is 4.08. The van der Waals surface area contributed by atoms with Crippen LogP contribution in [0.1, 0.15) is 17.9 Å². The van der Waals surface area contributed by atoms with E-state index >= 15 is 0 Å². The van der Waals surface area contributed by atoms with Gasteiger partial charge in [0.15, 0.2) is 6.61 Å². The van der Waals surface area contributed by atoms with Crippen LogP contribution in [0.4, 0.5) is 0 Å². The molecule has 0 unspecified atom stereocenters. The van der Waals surface area contributed by atoms with Crippen molar-refractivity contribution in [2.45, 2.75) is 19.4 Å². The number of nitrogens with zero attached hydrogens (tertiary/aromatic N) is 2. The maximum Gasteiger partial charge on any atom is 0.306 e. The normalized spacial score (nSPS) is 10.5. The van der Waals surface area contributed by atoms with Gasteiger partial charge in [-0.3, -0.25) is 4.79 Å². The number of rotatable bonds is 8. The number of hydrogen-bond acceptors (Lipinski definition) is 7. The van der Waals surface area contributed by atoms with Crippen molar-refractivity contribution in [2.24, 2.45) is 0 Å². The average Bonchev–Trinajstić information content (AvgIpc) is 3.20. The molecule has 0 N–H and O–H groups in total. The summed E-state index contributed by atoms with van der Waals surface area (Å²) in [7, 11) is 3.16. The van der Waals surface area contributed by atoms with Gasteiger partial charge in [0, 0.05) is 23.1 Å². The summed E-state index contributed by atoms with van der Waals surface area (Å²) in [5, 5.41) is 4.50. The third-order valence-corrected chi connectivity index (χ3v) is 4.21. The molecule has 0 saturated carbocycles. The first-order valence-electron chi connectivity index (χ1n) is 8.53. The number of carbonyl (C=O) groups is 1. The number of ether oxygens (including phenoxy) is 3. The second-order valence-electron chi connectivity index (χ2n) is 5.90. The van der Waals surface area contributed by atoms with E-state index in [0.29, 0.717) is 28.8 Å². The number of aromatic nitrogens is 2. The summed E-state index contributed by atoms with van der Waals surface area (Å²) in [6.07, 6.45) is 0.695. The topological polar surface area (TPSA) is 83.7 Å². The maximum atomic E-state index is 12.0. The molecular formula is C20H19ClN2O5. The molecule has 8 heteroatoms. The summed E-state index contributed by atoms with van der Waals surface area (Å²) in [6, 6.07) is 12.5. The Labute approximate surface area is 167 Å². The third-order valence-electron chi connectivity index (χ3n) is 3.96. The molecule has 0 aliphatic carbocycles. The lowest BCUT2D eigenvalue weighted by Crippen LogP contribution is -2.06. The second-order valence-corrected chi connectivity index (χ2v) is 6.34. The van der Waals surface area contributed by atoms with Crippen LogP contribution in [0.3, 0.4) is 0 Å². The van der Waals surface area contributed by atoms with Gasteiger partial charge in [-0.2, -0.15) is 4.98 Å². The molecule has 0 radical (unpaired) electrons. The van der Waals surface area contributed by atoms with Crippen LogP contribution in [-0.2, 0) is 22.6 Å². The van der Waals surface area contributed by atoms with Crippen molar-refractivity contribution in [3.05, 3.63) is 58.9 Å². The molecule has 1 heterocycles. The van der Waals surface area contributed by atoms with E-state index in [2.05, 4.69) is 10.1 Å². The van der Waals surface area contributed by atoms with Crippen LogP contribution in [0.15, 0.2) is 47.0 Å². The van der Waals surface area contributed by atoms with E-state index in [4.69, 9.17) is 30.3 Å². The average molecular weight is 403 g/mol. The molecule has 3 rings (SSSR count). The second kappa shape index (κ2) is 9.23. The summed E-state index contributed by atoms with van der Waals surface area (Å²) >= 11 is 5.86.